The molecule has 0 unspecified atom stereocenters. The molecule has 0 fully saturated rings. The fourth-order valence-corrected chi connectivity index (χ4v) is 0.487. The molecule has 0 spiro atoms. The molecular formula is C5H14N2O5. The van der Waals surface area contributed by atoms with Crippen LogP contribution in [0, 0.1) is 0 Å². The summed E-state index contributed by atoms with van der Waals surface area (Å²) in [6, 6.07) is 0. The van der Waals surface area contributed by atoms with Crippen LogP contribution in [-0.2, 0) is 4.79 Å². The average Bonchev–Trinajstić information content (AvgIpc) is 2.00. The fourth-order valence-electron chi connectivity index (χ4n) is 0.487. The molecular weight excluding hydrogens is 168 g/mol. The number of carbonyl (C=O) groups excluding carboxylic acids is 1. The number of hydrogen-bond donors (Lipinski definition) is 6. The van der Waals surface area contributed by atoms with Gasteiger partial charge in [0.25, 0.3) is 0 Å². The number of rotatable bonds is 4. The Morgan fingerprint density at radius 1 is 1.33 bits per heavy atom. The molecule has 0 aliphatic rings. The second kappa shape index (κ2) is 5.86. The lowest BCUT2D eigenvalue weighted by Gasteiger charge is -2.18. The first-order valence-corrected chi connectivity index (χ1v) is 2.95. The number of aliphatic hydroxyl groups is 4. The molecule has 0 aliphatic carbocycles. The van der Waals surface area contributed by atoms with Crippen LogP contribution in [0.1, 0.15) is 0 Å². The lowest BCUT2D eigenvalue weighted by Crippen LogP contribution is -2.46. The van der Waals surface area contributed by atoms with Crippen LogP contribution in [0.4, 0.5) is 0 Å². The molecule has 0 bridgehead atoms. The molecule has 7 nitrogen and oxygen atoms in total. The smallest absolute Gasteiger partial charge is 0.249 e. The van der Waals surface area contributed by atoms with E-state index in [9.17, 15) is 4.79 Å². The summed E-state index contributed by atoms with van der Waals surface area (Å²) in [5, 5.41) is 34.4. The van der Waals surface area contributed by atoms with Gasteiger partial charge < -0.3 is 32.3 Å². The Bertz CT molecular complexity index is 142. The molecule has 0 aliphatic heterocycles. The zero-order chi connectivity index (χ0) is 9.02. The van der Waals surface area contributed by atoms with Crippen LogP contribution < -0.4 is 11.9 Å². The van der Waals surface area contributed by atoms with Gasteiger partial charge in [0.1, 0.15) is 12.2 Å². The molecule has 0 aromatic carbocycles. The number of carbonyl (C=O) groups is 1. The molecule has 0 saturated heterocycles. The maximum Gasteiger partial charge on any atom is 0.249 e. The van der Waals surface area contributed by atoms with E-state index in [1.165, 1.54) is 0 Å². The van der Waals surface area contributed by atoms with Crippen LogP contribution in [-0.4, -0.2) is 51.3 Å². The van der Waals surface area contributed by atoms with E-state index in [2.05, 4.69) is 5.73 Å². The highest BCUT2D eigenvalue weighted by molar-refractivity contribution is 5.79. The normalized spacial score (nSPS) is 17.3. The van der Waals surface area contributed by atoms with Crippen LogP contribution in [0.5, 0.6) is 0 Å². The third-order valence-electron chi connectivity index (χ3n) is 1.20. The molecule has 0 heterocycles. The van der Waals surface area contributed by atoms with Gasteiger partial charge >= 0.3 is 0 Å². The summed E-state index contributed by atoms with van der Waals surface area (Å²) in [5.74, 6) is -1.15. The Labute approximate surface area is 69.0 Å². The summed E-state index contributed by atoms with van der Waals surface area (Å²) < 4.78 is 0. The van der Waals surface area contributed by atoms with E-state index in [0.717, 1.165) is 0 Å². The Kier molecular flexibility index (Phi) is 6.76. The topological polar surface area (TPSA) is 159 Å². The standard InChI is InChI=1S/C5H11NO5.H3N/c6-5(11)4(10)3(9)2(8)1-7;/h2-4,7-10H,1H2,(H2,6,11);1H3/t2-,3-,4-;/m1./s1. The van der Waals surface area contributed by atoms with Gasteiger partial charge in [-0.1, -0.05) is 0 Å². The van der Waals surface area contributed by atoms with Crippen molar-refractivity contribution in [3.8, 4) is 0 Å². The molecule has 74 valence electrons. The molecule has 9 N–H and O–H groups in total. The molecule has 12 heavy (non-hydrogen) atoms. The van der Waals surface area contributed by atoms with Crippen molar-refractivity contribution in [2.45, 2.75) is 18.3 Å². The van der Waals surface area contributed by atoms with Crippen LogP contribution in [0.25, 0.3) is 0 Å². The van der Waals surface area contributed by atoms with Crippen LogP contribution >= 0.6 is 0 Å². The Hall–Kier alpha value is -0.730. The first kappa shape index (κ1) is 13.8. The first-order valence-electron chi connectivity index (χ1n) is 2.95. The van der Waals surface area contributed by atoms with Gasteiger partial charge in [0.05, 0.1) is 6.61 Å². The zero-order valence-corrected chi connectivity index (χ0v) is 6.42. The van der Waals surface area contributed by atoms with Gasteiger partial charge in [-0.05, 0) is 0 Å². The van der Waals surface area contributed by atoms with E-state index in [1.807, 2.05) is 0 Å². The fraction of sp³-hybridized carbons (Fsp3) is 0.800. The first-order chi connectivity index (χ1) is 5.00. The lowest BCUT2D eigenvalue weighted by atomic mass is 10.1. The molecule has 0 aromatic heterocycles. The zero-order valence-electron chi connectivity index (χ0n) is 6.42. The van der Waals surface area contributed by atoms with E-state index in [-0.39, 0.29) is 6.15 Å². The van der Waals surface area contributed by atoms with Gasteiger partial charge in [-0.3, -0.25) is 4.79 Å². The van der Waals surface area contributed by atoms with Gasteiger partial charge in [0.2, 0.25) is 5.91 Å². The van der Waals surface area contributed by atoms with Crippen LogP contribution in [0.3, 0.4) is 0 Å². The Morgan fingerprint density at radius 3 is 2.00 bits per heavy atom. The largest absolute Gasteiger partial charge is 0.394 e. The van der Waals surface area contributed by atoms with Crippen molar-refractivity contribution in [2.75, 3.05) is 6.61 Å². The van der Waals surface area contributed by atoms with Gasteiger partial charge in [0, 0.05) is 0 Å². The third-order valence-corrected chi connectivity index (χ3v) is 1.20. The highest BCUT2D eigenvalue weighted by Crippen LogP contribution is 1.98. The van der Waals surface area contributed by atoms with E-state index in [1.54, 1.807) is 0 Å². The summed E-state index contributed by atoms with van der Waals surface area (Å²) in [4.78, 5) is 10.2. The highest BCUT2D eigenvalue weighted by atomic mass is 16.4. The summed E-state index contributed by atoms with van der Waals surface area (Å²) >= 11 is 0. The number of primary amides is 1. The molecule has 0 radical (unpaired) electrons. The van der Waals surface area contributed by atoms with E-state index < -0.39 is 30.8 Å². The van der Waals surface area contributed by atoms with Crippen LogP contribution in [0.2, 0.25) is 0 Å². The predicted molar refractivity (Wildman–Crippen MR) is 39.3 cm³/mol. The van der Waals surface area contributed by atoms with Crippen molar-refractivity contribution >= 4 is 5.91 Å². The van der Waals surface area contributed by atoms with Crippen molar-refractivity contribution in [1.82, 2.24) is 6.15 Å². The highest BCUT2D eigenvalue weighted by Gasteiger charge is 2.27. The molecule has 0 aromatic rings. The van der Waals surface area contributed by atoms with Gasteiger partial charge in [-0.15, -0.1) is 0 Å². The van der Waals surface area contributed by atoms with Gasteiger partial charge in [0.15, 0.2) is 6.10 Å². The average molecular weight is 182 g/mol. The minimum Gasteiger partial charge on any atom is -0.394 e. The number of hydrogen-bond acceptors (Lipinski definition) is 6. The van der Waals surface area contributed by atoms with Crippen molar-refractivity contribution in [3.63, 3.8) is 0 Å². The maximum absolute atomic E-state index is 10.2. The van der Waals surface area contributed by atoms with Gasteiger partial charge in [-0.2, -0.15) is 0 Å². The predicted octanol–water partition coefficient (Wildman–Crippen LogP) is -3.29. The van der Waals surface area contributed by atoms with E-state index in [4.69, 9.17) is 20.4 Å². The van der Waals surface area contributed by atoms with Crippen molar-refractivity contribution in [3.05, 3.63) is 0 Å². The molecule has 0 rings (SSSR count). The Morgan fingerprint density at radius 2 is 1.75 bits per heavy atom. The number of amides is 1. The quantitative estimate of drug-likeness (QED) is 0.267. The monoisotopic (exact) mass is 182 g/mol. The van der Waals surface area contributed by atoms with Crippen LogP contribution in [0.15, 0.2) is 0 Å². The van der Waals surface area contributed by atoms with E-state index in [0.29, 0.717) is 0 Å². The number of nitrogens with two attached hydrogens (primary N) is 1. The second-order valence-corrected chi connectivity index (χ2v) is 2.09. The molecule has 3 atom stereocenters. The van der Waals surface area contributed by atoms with Crippen molar-refractivity contribution in [2.24, 2.45) is 5.73 Å². The van der Waals surface area contributed by atoms with E-state index >= 15 is 0 Å². The molecule has 1 amide bonds. The third kappa shape index (κ3) is 3.60. The number of aliphatic hydroxyl groups excluding tert-OH is 4. The molecule has 7 heteroatoms. The molecule has 0 saturated carbocycles. The summed E-state index contributed by atoms with van der Waals surface area (Å²) in [5.41, 5.74) is 4.59. The lowest BCUT2D eigenvalue weighted by molar-refractivity contribution is -0.139. The van der Waals surface area contributed by atoms with Gasteiger partial charge in [-0.25, -0.2) is 0 Å². The minimum atomic E-state index is -1.85. The minimum absolute atomic E-state index is 0. The van der Waals surface area contributed by atoms with Crippen molar-refractivity contribution < 1.29 is 25.2 Å². The summed E-state index contributed by atoms with van der Waals surface area (Å²) in [6.07, 6.45) is -5.15. The Balaban J connectivity index is 0. The second-order valence-electron chi connectivity index (χ2n) is 2.09. The SMILES string of the molecule is N.NC(=O)[C@H](O)[C@H](O)[C@H](O)CO. The summed E-state index contributed by atoms with van der Waals surface area (Å²) in [6.45, 7) is -0.745. The summed E-state index contributed by atoms with van der Waals surface area (Å²) in [7, 11) is 0. The van der Waals surface area contributed by atoms with Crippen molar-refractivity contribution in [1.29, 1.82) is 0 Å². The maximum atomic E-state index is 10.2.